The Hall–Kier alpha value is -0.0500. The van der Waals surface area contributed by atoms with Crippen LogP contribution in [0.4, 0.5) is 0 Å². The van der Waals surface area contributed by atoms with Crippen molar-refractivity contribution in [2.75, 3.05) is 7.11 Å². The molecule has 0 N–H and O–H groups in total. The van der Waals surface area contributed by atoms with Crippen molar-refractivity contribution in [1.29, 1.82) is 0 Å². The molecule has 0 atom stereocenters. The minimum Gasteiger partial charge on any atom is -0.495 e. The number of hydrogen-bond donors (Lipinski definition) is 1. The predicted molar refractivity (Wildman–Crippen MR) is 50.3 cm³/mol. The Morgan fingerprint density at radius 3 is 2.45 bits per heavy atom. The minimum atomic E-state index is 0.496. The summed E-state index contributed by atoms with van der Waals surface area (Å²) in [6.45, 7) is 0. The third-order valence-electron chi connectivity index (χ3n) is 1.22. The number of rotatable bonds is 1. The molecule has 0 spiro atoms. The van der Waals surface area contributed by atoms with Crippen LogP contribution in [-0.2, 0) is 0 Å². The average molecular weight is 209 g/mol. The highest BCUT2D eigenvalue weighted by Gasteiger charge is 2.03. The lowest BCUT2D eigenvalue weighted by Crippen LogP contribution is -1.84. The molecule has 0 bridgehead atoms. The van der Waals surface area contributed by atoms with Crippen LogP contribution in [0.2, 0.25) is 10.0 Å². The molecular formula is C7H6Cl2OS. The van der Waals surface area contributed by atoms with Crippen molar-refractivity contribution in [1.82, 2.24) is 0 Å². The Morgan fingerprint density at radius 2 is 1.91 bits per heavy atom. The molecule has 1 aromatic carbocycles. The van der Waals surface area contributed by atoms with Crippen LogP contribution in [-0.4, -0.2) is 7.11 Å². The Morgan fingerprint density at radius 1 is 1.27 bits per heavy atom. The van der Waals surface area contributed by atoms with Crippen LogP contribution in [0, 0.1) is 0 Å². The number of hydrogen-bond acceptors (Lipinski definition) is 2. The number of benzene rings is 1. The van der Waals surface area contributed by atoms with E-state index in [-0.39, 0.29) is 0 Å². The van der Waals surface area contributed by atoms with Crippen molar-refractivity contribution < 1.29 is 4.74 Å². The number of methoxy groups -OCH3 is 1. The largest absolute Gasteiger partial charge is 0.495 e. The van der Waals surface area contributed by atoms with E-state index >= 15 is 0 Å². The smallest absolute Gasteiger partial charge is 0.138 e. The van der Waals surface area contributed by atoms with Gasteiger partial charge in [-0.15, -0.1) is 12.6 Å². The van der Waals surface area contributed by atoms with E-state index < -0.39 is 0 Å². The summed E-state index contributed by atoms with van der Waals surface area (Å²) in [6, 6.07) is 3.28. The number of thiol groups is 1. The molecule has 4 heteroatoms. The lowest BCUT2D eigenvalue weighted by atomic mass is 10.3. The van der Waals surface area contributed by atoms with Gasteiger partial charge in [0, 0.05) is 4.90 Å². The van der Waals surface area contributed by atoms with E-state index in [9.17, 15) is 0 Å². The molecule has 0 amide bonds. The van der Waals surface area contributed by atoms with E-state index in [1.807, 2.05) is 0 Å². The fourth-order valence-electron chi connectivity index (χ4n) is 0.675. The molecule has 0 saturated carbocycles. The molecule has 60 valence electrons. The van der Waals surface area contributed by atoms with E-state index in [1.165, 1.54) is 0 Å². The Labute approximate surface area is 80.7 Å². The Balaban J connectivity index is 3.21. The zero-order chi connectivity index (χ0) is 8.43. The van der Waals surface area contributed by atoms with Gasteiger partial charge in [-0.2, -0.15) is 0 Å². The maximum absolute atomic E-state index is 5.76. The summed E-state index contributed by atoms with van der Waals surface area (Å²) >= 11 is 15.6. The predicted octanol–water partition coefficient (Wildman–Crippen LogP) is 3.29. The monoisotopic (exact) mass is 208 g/mol. The van der Waals surface area contributed by atoms with Crippen LogP contribution in [0.5, 0.6) is 5.75 Å². The first-order valence-electron chi connectivity index (χ1n) is 2.87. The molecule has 0 heterocycles. The fourth-order valence-corrected chi connectivity index (χ4v) is 1.32. The van der Waals surface area contributed by atoms with Gasteiger partial charge in [0.1, 0.15) is 5.75 Å². The summed E-state index contributed by atoms with van der Waals surface area (Å²) in [4.78, 5) is 0.660. The number of ether oxygens (including phenoxy) is 1. The summed E-state index contributed by atoms with van der Waals surface area (Å²) < 4.78 is 4.94. The van der Waals surface area contributed by atoms with Gasteiger partial charge in [-0.1, -0.05) is 23.2 Å². The van der Waals surface area contributed by atoms with Gasteiger partial charge in [0.15, 0.2) is 0 Å². The molecule has 0 aliphatic heterocycles. The third kappa shape index (κ3) is 1.95. The highest BCUT2D eigenvalue weighted by molar-refractivity contribution is 7.80. The van der Waals surface area contributed by atoms with Gasteiger partial charge in [-0.3, -0.25) is 0 Å². The summed E-state index contributed by atoms with van der Waals surface area (Å²) in [5, 5.41) is 1.02. The number of halogens is 2. The van der Waals surface area contributed by atoms with E-state index in [0.29, 0.717) is 20.7 Å². The maximum Gasteiger partial charge on any atom is 0.138 e. The van der Waals surface area contributed by atoms with Crippen molar-refractivity contribution in [3.63, 3.8) is 0 Å². The van der Waals surface area contributed by atoms with Crippen molar-refractivity contribution in [3.05, 3.63) is 22.2 Å². The highest BCUT2D eigenvalue weighted by atomic mass is 35.5. The SMILES string of the molecule is COc1cc(S)c(Cl)cc1Cl. The topological polar surface area (TPSA) is 9.23 Å². The third-order valence-corrected chi connectivity index (χ3v) is 2.33. The van der Waals surface area contributed by atoms with Gasteiger partial charge in [0.05, 0.1) is 17.2 Å². The fraction of sp³-hybridized carbons (Fsp3) is 0.143. The summed E-state index contributed by atoms with van der Waals surface area (Å²) in [6.07, 6.45) is 0. The van der Waals surface area contributed by atoms with Crippen LogP contribution < -0.4 is 4.74 Å². The summed E-state index contributed by atoms with van der Waals surface area (Å²) in [7, 11) is 1.54. The van der Waals surface area contributed by atoms with Crippen LogP contribution in [0.25, 0.3) is 0 Å². The average Bonchev–Trinajstić information content (AvgIpc) is 1.97. The molecule has 0 saturated heterocycles. The molecule has 0 aliphatic rings. The quantitative estimate of drug-likeness (QED) is 0.698. The zero-order valence-corrected chi connectivity index (χ0v) is 8.17. The summed E-state index contributed by atoms with van der Waals surface area (Å²) in [5.74, 6) is 0.584. The molecular weight excluding hydrogens is 203 g/mol. The first kappa shape index (κ1) is 9.04. The Bertz CT molecular complexity index is 275. The second kappa shape index (κ2) is 3.57. The molecule has 1 aromatic rings. The van der Waals surface area contributed by atoms with Gasteiger partial charge in [0.2, 0.25) is 0 Å². The van der Waals surface area contributed by atoms with Crippen molar-refractivity contribution in [2.45, 2.75) is 4.90 Å². The molecule has 0 aromatic heterocycles. The van der Waals surface area contributed by atoms with E-state index in [1.54, 1.807) is 19.2 Å². The lowest BCUT2D eigenvalue weighted by Gasteiger charge is -2.04. The van der Waals surface area contributed by atoms with Crippen molar-refractivity contribution >= 4 is 35.8 Å². The van der Waals surface area contributed by atoms with Crippen molar-refractivity contribution in [2.24, 2.45) is 0 Å². The normalized spacial score (nSPS) is 9.82. The van der Waals surface area contributed by atoms with E-state index in [2.05, 4.69) is 12.6 Å². The second-order valence-electron chi connectivity index (χ2n) is 1.94. The first-order chi connectivity index (χ1) is 5.15. The second-order valence-corrected chi connectivity index (χ2v) is 3.23. The van der Waals surface area contributed by atoms with Crippen LogP contribution in [0.1, 0.15) is 0 Å². The molecule has 11 heavy (non-hydrogen) atoms. The molecule has 1 rings (SSSR count). The standard InChI is InChI=1S/C7H6Cl2OS/c1-10-6-3-7(11)5(9)2-4(6)8/h2-3,11H,1H3. The van der Waals surface area contributed by atoms with E-state index in [4.69, 9.17) is 27.9 Å². The van der Waals surface area contributed by atoms with Gasteiger partial charge < -0.3 is 4.74 Å². The molecule has 0 fully saturated rings. The van der Waals surface area contributed by atoms with Crippen molar-refractivity contribution in [3.8, 4) is 5.75 Å². The minimum absolute atomic E-state index is 0.496. The van der Waals surface area contributed by atoms with Gasteiger partial charge in [-0.25, -0.2) is 0 Å². The zero-order valence-electron chi connectivity index (χ0n) is 5.77. The molecule has 0 aliphatic carbocycles. The first-order valence-corrected chi connectivity index (χ1v) is 4.07. The highest BCUT2D eigenvalue weighted by Crippen LogP contribution is 2.32. The van der Waals surface area contributed by atoms with Crippen LogP contribution in [0.3, 0.4) is 0 Å². The lowest BCUT2D eigenvalue weighted by molar-refractivity contribution is 0.414. The van der Waals surface area contributed by atoms with Gasteiger partial charge in [-0.05, 0) is 12.1 Å². The maximum atomic E-state index is 5.76. The van der Waals surface area contributed by atoms with Gasteiger partial charge in [0.25, 0.3) is 0 Å². The molecule has 1 nitrogen and oxygen atoms in total. The van der Waals surface area contributed by atoms with Gasteiger partial charge >= 0.3 is 0 Å². The van der Waals surface area contributed by atoms with E-state index in [0.717, 1.165) is 0 Å². The summed E-state index contributed by atoms with van der Waals surface area (Å²) in [5.41, 5.74) is 0. The van der Waals surface area contributed by atoms with Crippen LogP contribution in [0.15, 0.2) is 17.0 Å². The molecule has 0 unspecified atom stereocenters. The Kier molecular flexibility index (Phi) is 2.93. The molecule has 0 radical (unpaired) electrons. The van der Waals surface area contributed by atoms with Crippen LogP contribution >= 0.6 is 35.8 Å².